The number of likely N-dealkylation sites (N-methyl/N-ethyl adjacent to an activating group) is 1. The van der Waals surface area contributed by atoms with Gasteiger partial charge in [-0.2, -0.15) is 0 Å². The fraction of sp³-hybridized carbons (Fsp3) is 0.200. The van der Waals surface area contributed by atoms with Gasteiger partial charge in [-0.25, -0.2) is 9.59 Å². The molecule has 0 saturated heterocycles. The van der Waals surface area contributed by atoms with Crippen LogP contribution >= 0.6 is 23.2 Å². The summed E-state index contributed by atoms with van der Waals surface area (Å²) in [6, 6.07) is 11.3. The van der Waals surface area contributed by atoms with Gasteiger partial charge in [0.25, 0.3) is 0 Å². The summed E-state index contributed by atoms with van der Waals surface area (Å²) in [7, 11) is 4.61. The summed E-state index contributed by atoms with van der Waals surface area (Å²) in [4.78, 5) is 34.7. The molecule has 4 aromatic rings. The molecule has 1 atom stereocenters. The van der Waals surface area contributed by atoms with Crippen molar-refractivity contribution in [3.05, 3.63) is 74.7 Å². The summed E-state index contributed by atoms with van der Waals surface area (Å²) in [5.41, 5.74) is 5.32. The standard InChI is InChI=1S/C25H19Cl2N3O4/c1-30-10-25(14-9-12(27)5-7-16(14)30)19-18(20(23(31)33-2)29-21(19)24(32)34-3)17-13-8-11(26)4-6-15(13)28-22(17)25/h4-9,28-29H,10H2,1-3H3. The summed E-state index contributed by atoms with van der Waals surface area (Å²) in [6.07, 6.45) is 0. The lowest BCUT2D eigenvalue weighted by atomic mass is 9.76. The van der Waals surface area contributed by atoms with Gasteiger partial charge in [-0.3, -0.25) is 0 Å². The van der Waals surface area contributed by atoms with Crippen molar-refractivity contribution in [3.63, 3.8) is 0 Å². The van der Waals surface area contributed by atoms with Crippen molar-refractivity contribution in [1.82, 2.24) is 9.97 Å². The zero-order valence-corrected chi connectivity index (χ0v) is 20.0. The highest BCUT2D eigenvalue weighted by atomic mass is 35.5. The summed E-state index contributed by atoms with van der Waals surface area (Å²) >= 11 is 12.8. The van der Waals surface area contributed by atoms with Crippen LogP contribution in [0.15, 0.2) is 36.4 Å². The van der Waals surface area contributed by atoms with Crippen molar-refractivity contribution < 1.29 is 19.1 Å². The van der Waals surface area contributed by atoms with Gasteiger partial charge in [0.05, 0.1) is 19.6 Å². The molecular weight excluding hydrogens is 477 g/mol. The van der Waals surface area contributed by atoms with Crippen LogP contribution in [0.25, 0.3) is 22.0 Å². The van der Waals surface area contributed by atoms with E-state index in [4.69, 9.17) is 32.7 Å². The Morgan fingerprint density at radius 3 is 2.35 bits per heavy atom. The van der Waals surface area contributed by atoms with E-state index in [0.717, 1.165) is 33.4 Å². The first-order chi connectivity index (χ1) is 16.3. The number of rotatable bonds is 2. The Balaban J connectivity index is 1.83. The van der Waals surface area contributed by atoms with Crippen LogP contribution < -0.4 is 4.90 Å². The molecule has 0 radical (unpaired) electrons. The van der Waals surface area contributed by atoms with E-state index in [1.165, 1.54) is 14.2 Å². The number of anilines is 1. The average molecular weight is 496 g/mol. The molecule has 0 amide bonds. The predicted molar refractivity (Wildman–Crippen MR) is 130 cm³/mol. The van der Waals surface area contributed by atoms with Crippen LogP contribution in [0, 0.1) is 0 Å². The quantitative estimate of drug-likeness (QED) is 0.376. The first-order valence-electron chi connectivity index (χ1n) is 10.6. The van der Waals surface area contributed by atoms with Crippen LogP contribution in [-0.2, 0) is 14.9 Å². The van der Waals surface area contributed by atoms with Crippen LogP contribution in [-0.4, -0.2) is 49.7 Å². The van der Waals surface area contributed by atoms with E-state index >= 15 is 0 Å². The molecule has 1 unspecified atom stereocenters. The Hall–Kier alpha value is -3.42. The van der Waals surface area contributed by atoms with Gasteiger partial charge >= 0.3 is 11.9 Å². The largest absolute Gasteiger partial charge is 0.464 e. The summed E-state index contributed by atoms with van der Waals surface area (Å²) in [6.45, 7) is 0.520. The van der Waals surface area contributed by atoms with Gasteiger partial charge in [0.2, 0.25) is 0 Å². The minimum atomic E-state index is -0.808. The van der Waals surface area contributed by atoms with Crippen LogP contribution in [0.2, 0.25) is 10.0 Å². The van der Waals surface area contributed by atoms with E-state index in [2.05, 4.69) is 14.9 Å². The molecule has 2 aromatic heterocycles. The molecule has 34 heavy (non-hydrogen) atoms. The first kappa shape index (κ1) is 21.1. The molecule has 3 heterocycles. The van der Waals surface area contributed by atoms with Crippen molar-refractivity contribution in [2.45, 2.75) is 5.41 Å². The van der Waals surface area contributed by atoms with Crippen LogP contribution in [0.5, 0.6) is 0 Å². The number of methoxy groups -OCH3 is 2. The van der Waals surface area contributed by atoms with E-state index in [1.54, 1.807) is 0 Å². The van der Waals surface area contributed by atoms with E-state index in [-0.39, 0.29) is 11.4 Å². The van der Waals surface area contributed by atoms with Crippen molar-refractivity contribution in [1.29, 1.82) is 0 Å². The number of esters is 2. The second-order valence-corrected chi connectivity index (χ2v) is 9.47. The number of carbonyl (C=O) groups excluding carboxylic acids is 2. The zero-order valence-electron chi connectivity index (χ0n) is 18.5. The predicted octanol–water partition coefficient (Wildman–Crippen LogP) is 5.14. The maximum atomic E-state index is 13.0. The van der Waals surface area contributed by atoms with E-state index in [9.17, 15) is 9.59 Å². The molecule has 0 bridgehead atoms. The highest BCUT2D eigenvalue weighted by molar-refractivity contribution is 6.32. The number of carbonyl (C=O) groups is 2. The Labute approximate surface area is 204 Å². The number of ether oxygens (including phenoxy) is 2. The fourth-order valence-corrected chi connectivity index (χ4v) is 6.04. The van der Waals surface area contributed by atoms with E-state index in [0.29, 0.717) is 27.7 Å². The molecule has 1 aliphatic heterocycles. The van der Waals surface area contributed by atoms with Crippen molar-refractivity contribution >= 4 is 51.7 Å². The molecule has 1 spiro atoms. The first-order valence-corrected chi connectivity index (χ1v) is 11.3. The number of nitrogens with zero attached hydrogens (tertiary/aromatic N) is 1. The molecule has 0 fully saturated rings. The molecule has 172 valence electrons. The molecular formula is C25H19Cl2N3O4. The average Bonchev–Trinajstić information content (AvgIpc) is 3.53. The Morgan fingerprint density at radius 1 is 0.941 bits per heavy atom. The summed E-state index contributed by atoms with van der Waals surface area (Å²) in [5, 5.41) is 1.98. The summed E-state index contributed by atoms with van der Waals surface area (Å²) in [5.74, 6) is -1.15. The molecule has 6 rings (SSSR count). The van der Waals surface area contributed by atoms with Gasteiger partial charge in [0.1, 0.15) is 11.4 Å². The van der Waals surface area contributed by atoms with Crippen LogP contribution in [0.1, 0.15) is 37.8 Å². The minimum Gasteiger partial charge on any atom is -0.464 e. The Kier molecular flexibility index (Phi) is 4.38. The Bertz CT molecular complexity index is 1550. The monoisotopic (exact) mass is 495 g/mol. The van der Waals surface area contributed by atoms with Gasteiger partial charge < -0.3 is 24.3 Å². The molecule has 2 N–H and O–H groups in total. The van der Waals surface area contributed by atoms with Crippen molar-refractivity contribution in [3.8, 4) is 11.1 Å². The second kappa shape index (κ2) is 7.04. The Morgan fingerprint density at radius 2 is 1.62 bits per heavy atom. The molecule has 7 nitrogen and oxygen atoms in total. The van der Waals surface area contributed by atoms with E-state index < -0.39 is 17.4 Å². The van der Waals surface area contributed by atoms with Crippen LogP contribution in [0.3, 0.4) is 0 Å². The highest BCUT2D eigenvalue weighted by Gasteiger charge is 2.56. The van der Waals surface area contributed by atoms with Crippen molar-refractivity contribution in [2.24, 2.45) is 0 Å². The molecule has 1 aliphatic carbocycles. The molecule has 2 aliphatic rings. The van der Waals surface area contributed by atoms with Gasteiger partial charge in [0, 0.05) is 62.6 Å². The van der Waals surface area contributed by atoms with Crippen molar-refractivity contribution in [2.75, 3.05) is 32.7 Å². The van der Waals surface area contributed by atoms with Gasteiger partial charge in [0.15, 0.2) is 0 Å². The SMILES string of the molecule is COC(=O)c1[nH]c(C(=O)OC)c2c1-c1c([nH]c3ccc(Cl)cc13)C21CN(C)c2ccc(Cl)cc21. The number of halogens is 2. The fourth-order valence-electron chi connectivity index (χ4n) is 5.69. The number of benzene rings is 2. The second-order valence-electron chi connectivity index (χ2n) is 8.60. The third kappa shape index (κ3) is 2.48. The number of hydrogen-bond acceptors (Lipinski definition) is 5. The number of hydrogen-bond donors (Lipinski definition) is 2. The third-order valence-electron chi connectivity index (χ3n) is 6.95. The molecule has 0 saturated carbocycles. The molecule has 9 heteroatoms. The number of nitrogens with one attached hydrogen (secondary N) is 2. The lowest BCUT2D eigenvalue weighted by molar-refractivity contribution is 0.0589. The van der Waals surface area contributed by atoms with E-state index in [1.807, 2.05) is 43.4 Å². The van der Waals surface area contributed by atoms with Gasteiger partial charge in [-0.1, -0.05) is 23.2 Å². The lowest BCUT2D eigenvalue weighted by Gasteiger charge is -2.27. The van der Waals surface area contributed by atoms with Gasteiger partial charge in [-0.05, 0) is 42.0 Å². The topological polar surface area (TPSA) is 87.4 Å². The maximum absolute atomic E-state index is 13.0. The number of aromatic amines is 2. The third-order valence-corrected chi connectivity index (χ3v) is 7.42. The normalized spacial score (nSPS) is 17.7. The summed E-state index contributed by atoms with van der Waals surface area (Å²) < 4.78 is 10.2. The van der Waals surface area contributed by atoms with Crippen LogP contribution in [0.4, 0.5) is 5.69 Å². The maximum Gasteiger partial charge on any atom is 0.355 e. The smallest absolute Gasteiger partial charge is 0.355 e. The number of H-pyrrole nitrogens is 2. The number of fused-ring (bicyclic) bond motifs is 9. The molecule has 2 aromatic carbocycles. The minimum absolute atomic E-state index is 0.190. The number of aromatic nitrogens is 2. The lowest BCUT2D eigenvalue weighted by Crippen LogP contribution is -2.34. The highest BCUT2D eigenvalue weighted by Crippen LogP contribution is 2.61. The van der Waals surface area contributed by atoms with Gasteiger partial charge in [-0.15, -0.1) is 0 Å². The zero-order chi connectivity index (χ0) is 23.9.